The summed E-state index contributed by atoms with van der Waals surface area (Å²) in [6.07, 6.45) is 2.34. The van der Waals surface area contributed by atoms with Gasteiger partial charge in [-0.15, -0.1) is 11.3 Å². The van der Waals surface area contributed by atoms with E-state index in [1.54, 1.807) is 26.0 Å². The topological polar surface area (TPSA) is 116 Å². The highest BCUT2D eigenvalue weighted by molar-refractivity contribution is 7.99. The summed E-state index contributed by atoms with van der Waals surface area (Å²) >= 11 is 8.73. The second-order valence-corrected chi connectivity index (χ2v) is 19.7. The molecule has 0 aliphatic rings. The molecule has 0 saturated carbocycles. The van der Waals surface area contributed by atoms with Crippen molar-refractivity contribution in [1.29, 1.82) is 0 Å². The maximum absolute atomic E-state index is 13.5. The van der Waals surface area contributed by atoms with Crippen molar-refractivity contribution in [3.05, 3.63) is 109 Å². The largest absolute Gasteiger partial charge is 0.478 e. The molecular formula is C48H59ClO8S2. The zero-order valence-corrected chi connectivity index (χ0v) is 38.8. The Morgan fingerprint density at radius 2 is 1.22 bits per heavy atom. The predicted octanol–water partition coefficient (Wildman–Crippen LogP) is 12.1. The van der Waals surface area contributed by atoms with Crippen LogP contribution in [0.25, 0.3) is 0 Å². The number of carbonyl (C=O) groups is 4. The zero-order valence-electron chi connectivity index (χ0n) is 36.4. The van der Waals surface area contributed by atoms with Crippen molar-refractivity contribution in [1.82, 2.24) is 0 Å². The molecule has 0 bridgehead atoms. The predicted molar refractivity (Wildman–Crippen MR) is 239 cm³/mol. The number of halogens is 1. The Hall–Kier alpha value is -4.12. The van der Waals surface area contributed by atoms with E-state index >= 15 is 0 Å². The summed E-state index contributed by atoms with van der Waals surface area (Å²) in [6.45, 7) is 22.3. The number of carboxylic acid groups (broad SMARTS) is 1. The molecule has 0 saturated heterocycles. The first-order chi connectivity index (χ1) is 27.5. The minimum Gasteiger partial charge on any atom is -0.478 e. The lowest BCUT2D eigenvalue weighted by atomic mass is 9.84. The first kappa shape index (κ1) is 47.6. The van der Waals surface area contributed by atoms with E-state index in [0.29, 0.717) is 32.7 Å². The van der Waals surface area contributed by atoms with Gasteiger partial charge in [-0.05, 0) is 144 Å². The van der Waals surface area contributed by atoms with Gasteiger partial charge in [0.1, 0.15) is 17.4 Å². The molecule has 4 atom stereocenters. The van der Waals surface area contributed by atoms with E-state index in [9.17, 15) is 24.3 Å². The van der Waals surface area contributed by atoms with Crippen LogP contribution in [0.5, 0.6) is 11.5 Å². The quantitative estimate of drug-likeness (QED) is 0.0401. The Morgan fingerprint density at radius 1 is 0.712 bits per heavy atom. The highest BCUT2D eigenvalue weighted by atomic mass is 35.5. The monoisotopic (exact) mass is 862 g/mol. The average molecular weight is 864 g/mol. The second-order valence-electron chi connectivity index (χ2n) is 17.0. The van der Waals surface area contributed by atoms with Crippen LogP contribution >= 0.6 is 34.7 Å². The van der Waals surface area contributed by atoms with Gasteiger partial charge in [0.15, 0.2) is 22.8 Å². The molecule has 0 amide bonds. The van der Waals surface area contributed by atoms with Crippen LogP contribution in [-0.2, 0) is 27.2 Å². The lowest BCUT2D eigenvalue weighted by Crippen LogP contribution is -2.40. The number of Topliss-reactive ketones (excluding diaryl/α,β-unsaturated/α-hetero) is 2. The number of hydrogen-bond donors (Lipinski definition) is 1. The molecule has 0 aliphatic carbocycles. The third-order valence-corrected chi connectivity index (χ3v) is 13.2. The molecule has 0 fully saturated rings. The maximum Gasteiger partial charge on any atom is 0.350 e. The summed E-state index contributed by atoms with van der Waals surface area (Å²) in [6, 6.07) is 19.1. The van der Waals surface area contributed by atoms with Gasteiger partial charge in [-0.1, -0.05) is 87.5 Å². The molecule has 3 aromatic carbocycles. The Balaban J connectivity index is 1.26. The van der Waals surface area contributed by atoms with Gasteiger partial charge in [-0.25, -0.2) is 9.59 Å². The van der Waals surface area contributed by atoms with E-state index in [1.165, 1.54) is 36.9 Å². The molecule has 11 heteroatoms. The highest BCUT2D eigenvalue weighted by Gasteiger charge is 2.34. The summed E-state index contributed by atoms with van der Waals surface area (Å²) in [5.74, 6) is -0.183. The van der Waals surface area contributed by atoms with Gasteiger partial charge in [0.25, 0.3) is 0 Å². The van der Waals surface area contributed by atoms with E-state index in [-0.39, 0.29) is 41.2 Å². The standard InChI is InChI=1S/C48H59ClO8S2/c1-27(33(7)42(51)39-19-20-40(49)59-39)13-14-35-22-29(3)44(30(4)23-35)57-48(11,12)46(54)55-26-58-38-17-15-37(16-18-38)41(50)34(8)28(2)21-36-24-31(5)43(32(6)25-36)56-47(9,10)45(52)53/h15-20,22-25,27-28,33-34H,13-14,21,26H2,1-12H3,(H,52,53). The van der Waals surface area contributed by atoms with Crippen molar-refractivity contribution in [2.75, 3.05) is 5.94 Å². The zero-order chi connectivity index (χ0) is 44.0. The molecule has 1 aromatic heterocycles. The van der Waals surface area contributed by atoms with Gasteiger partial charge in [-0.2, -0.15) is 0 Å². The van der Waals surface area contributed by atoms with E-state index < -0.39 is 23.1 Å². The Kier molecular flexibility index (Phi) is 16.1. The van der Waals surface area contributed by atoms with Crippen LogP contribution in [-0.4, -0.2) is 45.8 Å². The minimum atomic E-state index is -1.35. The molecule has 0 spiro atoms. The van der Waals surface area contributed by atoms with Crippen LogP contribution in [0, 0.1) is 51.4 Å². The molecule has 4 unspecified atom stereocenters. The molecular weight excluding hydrogens is 804 g/mol. The summed E-state index contributed by atoms with van der Waals surface area (Å²) < 4.78 is 18.4. The van der Waals surface area contributed by atoms with Crippen molar-refractivity contribution in [3.63, 3.8) is 0 Å². The van der Waals surface area contributed by atoms with Crippen LogP contribution in [0.1, 0.15) is 115 Å². The average Bonchev–Trinajstić information content (AvgIpc) is 3.61. The number of thioether (sulfide) groups is 1. The smallest absolute Gasteiger partial charge is 0.350 e. The maximum atomic E-state index is 13.5. The summed E-state index contributed by atoms with van der Waals surface area (Å²) in [4.78, 5) is 52.8. The lowest BCUT2D eigenvalue weighted by molar-refractivity contribution is -0.157. The second kappa shape index (κ2) is 20.0. The van der Waals surface area contributed by atoms with Crippen molar-refractivity contribution >= 4 is 58.2 Å². The minimum absolute atomic E-state index is 0.0474. The molecule has 4 rings (SSSR count). The molecule has 8 nitrogen and oxygen atoms in total. The van der Waals surface area contributed by atoms with Gasteiger partial charge in [0, 0.05) is 22.3 Å². The van der Waals surface area contributed by atoms with Crippen LogP contribution in [0.3, 0.4) is 0 Å². The molecule has 4 aromatic rings. The van der Waals surface area contributed by atoms with E-state index in [0.717, 1.165) is 51.1 Å². The van der Waals surface area contributed by atoms with E-state index in [1.807, 2.05) is 77.9 Å². The van der Waals surface area contributed by atoms with Gasteiger partial charge < -0.3 is 19.3 Å². The first-order valence-corrected chi connectivity index (χ1v) is 22.2. The third-order valence-electron chi connectivity index (χ3n) is 11.1. The number of benzene rings is 3. The molecule has 0 radical (unpaired) electrons. The number of thiophene rings is 1. The Bertz CT molecular complexity index is 2110. The molecule has 0 aliphatic heterocycles. The lowest BCUT2D eigenvalue weighted by Gasteiger charge is -2.27. The number of esters is 1. The number of hydrogen-bond acceptors (Lipinski definition) is 9. The van der Waals surface area contributed by atoms with Gasteiger partial charge in [-0.3, -0.25) is 9.59 Å². The van der Waals surface area contributed by atoms with Crippen LogP contribution in [0.2, 0.25) is 4.34 Å². The fourth-order valence-corrected chi connectivity index (χ4v) is 8.66. The molecule has 1 heterocycles. The number of carbonyl (C=O) groups excluding carboxylic acids is 3. The summed E-state index contributed by atoms with van der Waals surface area (Å²) in [7, 11) is 0. The van der Waals surface area contributed by atoms with Gasteiger partial charge in [0.2, 0.25) is 0 Å². The van der Waals surface area contributed by atoms with Crippen molar-refractivity contribution in [2.45, 2.75) is 118 Å². The fraction of sp³-hybridized carbons (Fsp3) is 0.458. The number of aryl methyl sites for hydroxylation is 5. The Morgan fingerprint density at radius 3 is 1.73 bits per heavy atom. The first-order valence-electron chi connectivity index (χ1n) is 20.1. The number of carboxylic acids is 1. The van der Waals surface area contributed by atoms with Crippen molar-refractivity contribution in [2.24, 2.45) is 23.7 Å². The normalized spacial score (nSPS) is 13.9. The number of aliphatic carboxylic acids is 1. The number of ketones is 2. The van der Waals surface area contributed by atoms with Crippen molar-refractivity contribution < 1.29 is 38.5 Å². The van der Waals surface area contributed by atoms with Gasteiger partial charge in [0.05, 0.1) is 9.21 Å². The number of rotatable bonds is 20. The Labute approximate surface area is 363 Å². The fourth-order valence-electron chi connectivity index (χ4n) is 6.94. The highest BCUT2D eigenvalue weighted by Crippen LogP contribution is 2.34. The summed E-state index contributed by atoms with van der Waals surface area (Å²) in [5.41, 5.74) is 3.79. The third kappa shape index (κ3) is 12.5. The van der Waals surface area contributed by atoms with Crippen molar-refractivity contribution in [3.8, 4) is 11.5 Å². The van der Waals surface area contributed by atoms with Crippen LogP contribution < -0.4 is 9.47 Å². The number of ether oxygens (including phenoxy) is 3. The van der Waals surface area contributed by atoms with E-state index in [4.69, 9.17) is 25.8 Å². The van der Waals surface area contributed by atoms with Crippen LogP contribution in [0.4, 0.5) is 0 Å². The summed E-state index contributed by atoms with van der Waals surface area (Å²) in [5, 5.41) is 9.50. The molecule has 59 heavy (non-hydrogen) atoms. The van der Waals surface area contributed by atoms with Crippen LogP contribution in [0.15, 0.2) is 65.6 Å². The molecule has 1 N–H and O–H groups in total. The van der Waals surface area contributed by atoms with Gasteiger partial charge >= 0.3 is 11.9 Å². The van der Waals surface area contributed by atoms with E-state index in [2.05, 4.69) is 26.0 Å². The molecule has 318 valence electrons. The SMILES string of the molecule is Cc1cc(CC(C)C(C)C(=O)c2ccc(SCOC(=O)C(C)(C)Oc3c(C)cc(CCC(C)C(C)C(=O)c4ccc(Cl)s4)cc3C)cc2)cc(C)c1OC(C)(C)C(=O)O.